The molecule has 2 atom stereocenters. The zero-order valence-corrected chi connectivity index (χ0v) is 20.7. The molecule has 0 fully saturated rings. The highest BCUT2D eigenvalue weighted by molar-refractivity contribution is 6.00. The van der Waals surface area contributed by atoms with Crippen molar-refractivity contribution in [3.8, 4) is 23.3 Å². The van der Waals surface area contributed by atoms with Crippen LogP contribution >= 0.6 is 0 Å². The number of nitrogens with zero attached hydrogens (tertiary/aromatic N) is 3. The number of carbonyl (C=O) groups excluding carboxylic acids is 1. The normalized spacial score (nSPS) is 20.0. The van der Waals surface area contributed by atoms with Crippen LogP contribution in [0.4, 0.5) is 0 Å². The van der Waals surface area contributed by atoms with Crippen molar-refractivity contribution in [1.29, 1.82) is 5.26 Å². The minimum Gasteiger partial charge on any atom is -0.493 e. The van der Waals surface area contributed by atoms with Gasteiger partial charge in [0.05, 0.1) is 38.9 Å². The molecule has 2 aliphatic rings. The molecule has 35 heavy (non-hydrogen) atoms. The SMILES string of the molecule is COc1ccc([C@@H]2C(C#N)=C(N)N(N(C)C)C3=C2C(=O)C[C@H](c2ccccc2)C3)c(OC)c1OC. The van der Waals surface area contributed by atoms with Gasteiger partial charge in [-0.1, -0.05) is 36.4 Å². The van der Waals surface area contributed by atoms with E-state index in [0.29, 0.717) is 47.0 Å². The number of hydrogen-bond donors (Lipinski definition) is 1. The molecule has 0 saturated heterocycles. The second-order valence-electron chi connectivity index (χ2n) is 8.73. The van der Waals surface area contributed by atoms with Crippen molar-refractivity contribution in [3.63, 3.8) is 0 Å². The largest absolute Gasteiger partial charge is 0.493 e. The number of allylic oxidation sites excluding steroid dienone is 3. The molecule has 0 unspecified atom stereocenters. The van der Waals surface area contributed by atoms with Gasteiger partial charge in [-0.25, -0.2) is 5.01 Å². The van der Waals surface area contributed by atoms with Crippen molar-refractivity contribution in [2.45, 2.75) is 24.7 Å². The van der Waals surface area contributed by atoms with Gasteiger partial charge in [-0.3, -0.25) is 9.80 Å². The Morgan fingerprint density at radius 1 is 1.00 bits per heavy atom. The summed E-state index contributed by atoms with van der Waals surface area (Å²) in [5.41, 5.74) is 9.97. The van der Waals surface area contributed by atoms with Gasteiger partial charge >= 0.3 is 0 Å². The van der Waals surface area contributed by atoms with Crippen molar-refractivity contribution in [2.75, 3.05) is 35.4 Å². The standard InChI is InChI=1S/C27H30N4O4/c1-30(2)31-20-13-17(16-9-7-6-8-10-16)14-21(32)24(20)23(19(15-28)27(31)29)18-11-12-22(33-3)26(35-5)25(18)34-4/h6-12,17,23H,13-14,29H2,1-5H3/t17-,23-/m1/s1. The molecule has 0 radical (unpaired) electrons. The van der Waals surface area contributed by atoms with Crippen LogP contribution in [0.1, 0.15) is 35.8 Å². The van der Waals surface area contributed by atoms with Crippen LogP contribution in [0.25, 0.3) is 0 Å². The molecular formula is C27H30N4O4. The highest BCUT2D eigenvalue weighted by Gasteiger charge is 2.44. The van der Waals surface area contributed by atoms with Crippen molar-refractivity contribution >= 4 is 5.78 Å². The lowest BCUT2D eigenvalue weighted by Gasteiger charge is -2.44. The van der Waals surface area contributed by atoms with Gasteiger partial charge in [-0.2, -0.15) is 5.26 Å². The van der Waals surface area contributed by atoms with Crippen LogP contribution in [-0.2, 0) is 4.79 Å². The van der Waals surface area contributed by atoms with Crippen molar-refractivity contribution in [1.82, 2.24) is 10.0 Å². The Balaban J connectivity index is 1.97. The molecule has 1 aliphatic heterocycles. The third-order valence-corrected chi connectivity index (χ3v) is 6.66. The number of ether oxygens (including phenoxy) is 3. The molecule has 1 heterocycles. The molecular weight excluding hydrogens is 444 g/mol. The summed E-state index contributed by atoms with van der Waals surface area (Å²) in [6.07, 6.45) is 0.948. The number of ketones is 1. The van der Waals surface area contributed by atoms with E-state index in [0.717, 1.165) is 11.3 Å². The van der Waals surface area contributed by atoms with Crippen LogP contribution in [-0.4, -0.2) is 51.2 Å². The van der Waals surface area contributed by atoms with E-state index in [9.17, 15) is 10.1 Å². The maximum Gasteiger partial charge on any atom is 0.203 e. The monoisotopic (exact) mass is 474 g/mol. The summed E-state index contributed by atoms with van der Waals surface area (Å²) in [6, 6.07) is 15.8. The van der Waals surface area contributed by atoms with E-state index in [-0.39, 0.29) is 17.3 Å². The average Bonchev–Trinajstić information content (AvgIpc) is 2.86. The van der Waals surface area contributed by atoms with Gasteiger partial charge in [-0.15, -0.1) is 0 Å². The van der Waals surface area contributed by atoms with Gasteiger partial charge < -0.3 is 19.9 Å². The van der Waals surface area contributed by atoms with E-state index in [1.807, 2.05) is 55.5 Å². The summed E-state index contributed by atoms with van der Waals surface area (Å²) in [6.45, 7) is 0. The van der Waals surface area contributed by atoms with Crippen LogP contribution < -0.4 is 19.9 Å². The Morgan fingerprint density at radius 2 is 1.69 bits per heavy atom. The van der Waals surface area contributed by atoms with Gasteiger partial charge in [0.25, 0.3) is 0 Å². The molecule has 2 aromatic rings. The van der Waals surface area contributed by atoms with Crippen molar-refractivity contribution < 1.29 is 19.0 Å². The first kappa shape index (κ1) is 24.2. The molecule has 1 aliphatic carbocycles. The number of nitriles is 1. The predicted octanol–water partition coefficient (Wildman–Crippen LogP) is 3.68. The summed E-state index contributed by atoms with van der Waals surface area (Å²) < 4.78 is 16.8. The second-order valence-corrected chi connectivity index (χ2v) is 8.73. The molecule has 2 aromatic carbocycles. The van der Waals surface area contributed by atoms with Crippen molar-refractivity contribution in [2.24, 2.45) is 5.73 Å². The molecule has 4 rings (SSSR count). The third kappa shape index (κ3) is 3.98. The van der Waals surface area contributed by atoms with Gasteiger partial charge in [0.15, 0.2) is 17.3 Å². The van der Waals surface area contributed by atoms with E-state index >= 15 is 0 Å². The van der Waals surface area contributed by atoms with E-state index < -0.39 is 5.92 Å². The zero-order chi connectivity index (χ0) is 25.3. The Kier molecular flexibility index (Phi) is 6.72. The number of benzene rings is 2. The van der Waals surface area contributed by atoms with Gasteiger partial charge in [0.1, 0.15) is 5.82 Å². The van der Waals surface area contributed by atoms with Crippen molar-refractivity contribution in [3.05, 3.63) is 76.3 Å². The first-order valence-electron chi connectivity index (χ1n) is 11.3. The molecule has 0 bridgehead atoms. The Labute approximate surface area is 205 Å². The molecule has 0 saturated carbocycles. The smallest absolute Gasteiger partial charge is 0.203 e. The highest BCUT2D eigenvalue weighted by atomic mass is 16.5. The lowest BCUT2D eigenvalue weighted by atomic mass is 9.72. The van der Waals surface area contributed by atoms with Gasteiger partial charge in [0.2, 0.25) is 5.75 Å². The average molecular weight is 475 g/mol. The van der Waals surface area contributed by atoms with Gasteiger partial charge in [0, 0.05) is 37.3 Å². The maximum absolute atomic E-state index is 13.8. The van der Waals surface area contributed by atoms with Gasteiger partial charge in [-0.05, 0) is 24.0 Å². The molecule has 0 spiro atoms. The molecule has 0 amide bonds. The fourth-order valence-electron chi connectivity index (χ4n) is 5.19. The minimum atomic E-state index is -0.690. The lowest BCUT2D eigenvalue weighted by Crippen LogP contribution is -2.46. The van der Waals surface area contributed by atoms with E-state index in [1.54, 1.807) is 18.2 Å². The number of carbonyl (C=O) groups is 1. The van der Waals surface area contributed by atoms with Crippen LogP contribution in [0.3, 0.4) is 0 Å². The first-order chi connectivity index (χ1) is 16.9. The van der Waals surface area contributed by atoms with Crippen LogP contribution in [0, 0.1) is 11.3 Å². The number of nitrogens with two attached hydrogens (primary N) is 1. The van der Waals surface area contributed by atoms with Crippen LogP contribution in [0.5, 0.6) is 17.2 Å². The summed E-state index contributed by atoms with van der Waals surface area (Å²) in [5, 5.41) is 13.8. The maximum atomic E-state index is 13.8. The minimum absolute atomic E-state index is 0.00860. The number of hydrogen-bond acceptors (Lipinski definition) is 8. The Hall–Kier alpha value is -3.96. The second kappa shape index (κ2) is 9.72. The fraction of sp³-hybridized carbons (Fsp3) is 0.333. The zero-order valence-electron chi connectivity index (χ0n) is 20.7. The van der Waals surface area contributed by atoms with Crippen LogP contribution in [0.15, 0.2) is 65.1 Å². The Bertz CT molecular complexity index is 1240. The summed E-state index contributed by atoms with van der Waals surface area (Å²) >= 11 is 0. The summed E-state index contributed by atoms with van der Waals surface area (Å²) in [5.74, 6) is 0.877. The number of hydrazine groups is 1. The van der Waals surface area contributed by atoms with E-state index in [1.165, 1.54) is 14.2 Å². The first-order valence-corrected chi connectivity index (χ1v) is 11.3. The molecule has 8 nitrogen and oxygen atoms in total. The molecule has 182 valence electrons. The number of Topliss-reactive ketones (excluding diaryl/α,β-unsaturated/α-hetero) is 1. The Morgan fingerprint density at radius 3 is 2.26 bits per heavy atom. The quantitative estimate of drug-likeness (QED) is 0.677. The lowest BCUT2D eigenvalue weighted by molar-refractivity contribution is -0.117. The van der Waals surface area contributed by atoms with E-state index in [4.69, 9.17) is 19.9 Å². The van der Waals surface area contributed by atoms with E-state index in [2.05, 4.69) is 6.07 Å². The number of rotatable bonds is 6. The fourth-order valence-corrected chi connectivity index (χ4v) is 5.19. The third-order valence-electron chi connectivity index (χ3n) is 6.66. The predicted molar refractivity (Wildman–Crippen MR) is 132 cm³/mol. The molecule has 0 aromatic heterocycles. The molecule has 8 heteroatoms. The number of methoxy groups -OCH3 is 3. The summed E-state index contributed by atoms with van der Waals surface area (Å²) in [7, 11) is 8.29. The highest BCUT2D eigenvalue weighted by Crippen LogP contribution is 2.52. The molecule has 2 N–H and O–H groups in total. The van der Waals surface area contributed by atoms with Crippen LogP contribution in [0.2, 0.25) is 0 Å². The topological polar surface area (TPSA) is 101 Å². The summed E-state index contributed by atoms with van der Waals surface area (Å²) in [4.78, 5) is 13.8.